The lowest BCUT2D eigenvalue weighted by Gasteiger charge is -2.09. The Labute approximate surface area is 145 Å². The van der Waals surface area contributed by atoms with Crippen molar-refractivity contribution in [1.82, 2.24) is 4.72 Å². The van der Waals surface area contributed by atoms with E-state index in [0.717, 1.165) is 0 Å². The third-order valence-corrected chi connectivity index (χ3v) is 4.51. The van der Waals surface area contributed by atoms with E-state index in [4.69, 9.17) is 0 Å². The van der Waals surface area contributed by atoms with Crippen LogP contribution >= 0.6 is 0 Å². The van der Waals surface area contributed by atoms with Crippen LogP contribution in [0.1, 0.15) is 17.3 Å². The number of carbonyl (C=O) groups excluding carboxylic acids is 2. The van der Waals surface area contributed by atoms with E-state index in [2.05, 4.69) is 11.9 Å². The molecule has 0 aliphatic heterocycles. The van der Waals surface area contributed by atoms with Crippen molar-refractivity contribution < 1.29 is 23.1 Å². The van der Waals surface area contributed by atoms with E-state index in [1.54, 1.807) is 6.92 Å². The van der Waals surface area contributed by atoms with Crippen molar-refractivity contribution in [3.8, 4) is 5.75 Å². The molecule has 130 valence electrons. The van der Waals surface area contributed by atoms with Crippen molar-refractivity contribution in [3.05, 3.63) is 66.2 Å². The number of benzene rings is 2. The highest BCUT2D eigenvalue weighted by molar-refractivity contribution is 7.90. The zero-order valence-electron chi connectivity index (χ0n) is 13.3. The lowest BCUT2D eigenvalue weighted by Crippen LogP contribution is -2.30. The summed E-state index contributed by atoms with van der Waals surface area (Å²) >= 11 is 0. The molecular formula is C17H16N2O5S. The summed E-state index contributed by atoms with van der Waals surface area (Å²) in [5.41, 5.74) is 0.807. The molecule has 0 aliphatic carbocycles. The second-order valence-corrected chi connectivity index (χ2v) is 6.92. The fraction of sp³-hybridized carbons (Fsp3) is 0.0588. The second-order valence-electron chi connectivity index (χ2n) is 5.24. The smallest absolute Gasteiger partial charge is 0.265 e. The average Bonchev–Trinajstić information content (AvgIpc) is 2.55. The highest BCUT2D eigenvalue weighted by Crippen LogP contribution is 2.16. The van der Waals surface area contributed by atoms with E-state index in [-0.39, 0.29) is 22.1 Å². The minimum Gasteiger partial charge on any atom is -0.508 e. The van der Waals surface area contributed by atoms with Crippen molar-refractivity contribution in [3.63, 3.8) is 0 Å². The summed E-state index contributed by atoms with van der Waals surface area (Å²) in [6.45, 7) is 5.05. The molecule has 0 unspecified atom stereocenters. The van der Waals surface area contributed by atoms with Crippen molar-refractivity contribution in [2.75, 3.05) is 5.32 Å². The molecule has 0 saturated carbocycles. The van der Waals surface area contributed by atoms with Crippen LogP contribution in [0.25, 0.3) is 0 Å². The minimum absolute atomic E-state index is 0.0354. The molecule has 3 N–H and O–H groups in total. The quantitative estimate of drug-likeness (QED) is 0.706. The maximum atomic E-state index is 12.2. The minimum atomic E-state index is -4.07. The van der Waals surface area contributed by atoms with Crippen molar-refractivity contribution >= 4 is 27.5 Å². The monoisotopic (exact) mass is 360 g/mol. The first-order valence-corrected chi connectivity index (χ1v) is 8.60. The Hall–Kier alpha value is -3.13. The van der Waals surface area contributed by atoms with Gasteiger partial charge in [-0.15, -0.1) is 0 Å². The number of rotatable bonds is 5. The van der Waals surface area contributed by atoms with Gasteiger partial charge in [-0.3, -0.25) is 9.59 Å². The number of anilines is 1. The standard InChI is InChI=1S/C17H16N2O5S/c1-11(2)16(21)18-13-5-9-15(10-6-13)25(23,24)19-17(22)12-3-7-14(20)8-4-12/h3-10,20H,1H2,2H3,(H,18,21)(H,19,22). The molecule has 25 heavy (non-hydrogen) atoms. The number of nitrogens with one attached hydrogen (secondary N) is 2. The van der Waals surface area contributed by atoms with Gasteiger partial charge in [0.2, 0.25) is 0 Å². The molecule has 8 heteroatoms. The van der Waals surface area contributed by atoms with E-state index >= 15 is 0 Å². The van der Waals surface area contributed by atoms with Crippen LogP contribution in [-0.2, 0) is 14.8 Å². The van der Waals surface area contributed by atoms with Crippen LogP contribution in [0.3, 0.4) is 0 Å². The molecule has 0 saturated heterocycles. The summed E-state index contributed by atoms with van der Waals surface area (Å²) in [5.74, 6) is -1.23. The predicted molar refractivity (Wildman–Crippen MR) is 92.6 cm³/mol. The molecule has 7 nitrogen and oxygen atoms in total. The average molecular weight is 360 g/mol. The van der Waals surface area contributed by atoms with Gasteiger partial charge in [0.15, 0.2) is 0 Å². The van der Waals surface area contributed by atoms with Crippen LogP contribution in [0, 0.1) is 0 Å². The first kappa shape index (κ1) is 18.2. The summed E-state index contributed by atoms with van der Waals surface area (Å²) in [6, 6.07) is 10.5. The molecule has 0 aliphatic rings. The summed E-state index contributed by atoms with van der Waals surface area (Å²) in [4.78, 5) is 23.4. The number of aromatic hydroxyl groups is 1. The van der Waals surface area contributed by atoms with Crippen LogP contribution in [-0.4, -0.2) is 25.3 Å². The molecular weight excluding hydrogens is 344 g/mol. The Kier molecular flexibility index (Phi) is 5.23. The Morgan fingerprint density at radius 3 is 2.08 bits per heavy atom. The SMILES string of the molecule is C=C(C)C(=O)Nc1ccc(S(=O)(=O)NC(=O)c2ccc(O)cc2)cc1. The number of carbonyl (C=O) groups is 2. The van der Waals surface area contributed by atoms with Gasteiger partial charge in [-0.1, -0.05) is 6.58 Å². The van der Waals surface area contributed by atoms with Crippen LogP contribution < -0.4 is 10.0 Å². The molecule has 0 atom stereocenters. The van der Waals surface area contributed by atoms with Gasteiger partial charge >= 0.3 is 0 Å². The number of phenolic OH excluding ortho intramolecular Hbond substituents is 1. The first-order valence-electron chi connectivity index (χ1n) is 7.12. The van der Waals surface area contributed by atoms with Gasteiger partial charge in [-0.25, -0.2) is 13.1 Å². The lowest BCUT2D eigenvalue weighted by molar-refractivity contribution is -0.112. The molecule has 2 amide bonds. The predicted octanol–water partition coefficient (Wildman–Crippen LogP) is 2.03. The number of hydrogen-bond acceptors (Lipinski definition) is 5. The molecule has 0 heterocycles. The van der Waals surface area contributed by atoms with Gasteiger partial charge in [-0.2, -0.15) is 0 Å². The van der Waals surface area contributed by atoms with Crippen LogP contribution in [0.2, 0.25) is 0 Å². The van der Waals surface area contributed by atoms with Gasteiger partial charge in [0.25, 0.3) is 21.8 Å². The Morgan fingerprint density at radius 1 is 1.00 bits per heavy atom. The van der Waals surface area contributed by atoms with E-state index in [1.165, 1.54) is 48.5 Å². The van der Waals surface area contributed by atoms with Crippen molar-refractivity contribution in [2.45, 2.75) is 11.8 Å². The molecule has 0 spiro atoms. The highest BCUT2D eigenvalue weighted by Gasteiger charge is 2.18. The van der Waals surface area contributed by atoms with Crippen LogP contribution in [0.15, 0.2) is 65.6 Å². The third-order valence-electron chi connectivity index (χ3n) is 3.17. The normalized spacial score (nSPS) is 10.8. The number of phenols is 1. The Morgan fingerprint density at radius 2 is 1.56 bits per heavy atom. The lowest BCUT2D eigenvalue weighted by atomic mass is 10.2. The van der Waals surface area contributed by atoms with Crippen molar-refractivity contribution in [2.24, 2.45) is 0 Å². The number of sulfonamides is 1. The fourth-order valence-electron chi connectivity index (χ4n) is 1.81. The molecule has 0 fully saturated rings. The molecule has 0 bridgehead atoms. The zero-order chi connectivity index (χ0) is 18.6. The Bertz CT molecular complexity index is 917. The first-order chi connectivity index (χ1) is 11.7. The number of amides is 2. The fourth-order valence-corrected chi connectivity index (χ4v) is 2.78. The number of hydrogen-bond donors (Lipinski definition) is 3. The van der Waals surface area contributed by atoms with Gasteiger partial charge in [0, 0.05) is 16.8 Å². The maximum Gasteiger partial charge on any atom is 0.265 e. The molecule has 2 rings (SSSR count). The largest absolute Gasteiger partial charge is 0.508 e. The Balaban J connectivity index is 2.13. The summed E-state index contributed by atoms with van der Waals surface area (Å²) in [5, 5.41) is 11.7. The molecule has 0 aromatic heterocycles. The van der Waals surface area contributed by atoms with Gasteiger partial charge in [0.1, 0.15) is 5.75 Å². The van der Waals surface area contributed by atoms with E-state index < -0.39 is 15.9 Å². The summed E-state index contributed by atoms with van der Waals surface area (Å²) in [6.07, 6.45) is 0. The van der Waals surface area contributed by atoms with Crippen LogP contribution in [0.4, 0.5) is 5.69 Å². The molecule has 2 aromatic carbocycles. The zero-order valence-corrected chi connectivity index (χ0v) is 14.1. The topological polar surface area (TPSA) is 113 Å². The third kappa shape index (κ3) is 4.67. The van der Waals surface area contributed by atoms with Gasteiger partial charge < -0.3 is 10.4 Å². The van der Waals surface area contributed by atoms with E-state index in [0.29, 0.717) is 11.3 Å². The molecule has 2 aromatic rings. The van der Waals surface area contributed by atoms with Gasteiger partial charge in [-0.05, 0) is 55.5 Å². The maximum absolute atomic E-state index is 12.2. The van der Waals surface area contributed by atoms with Gasteiger partial charge in [0.05, 0.1) is 4.90 Å². The van der Waals surface area contributed by atoms with Crippen molar-refractivity contribution in [1.29, 1.82) is 0 Å². The van der Waals surface area contributed by atoms with E-state index in [9.17, 15) is 23.1 Å². The van der Waals surface area contributed by atoms with Crippen LogP contribution in [0.5, 0.6) is 5.75 Å². The summed E-state index contributed by atoms with van der Waals surface area (Å²) in [7, 11) is -4.07. The van der Waals surface area contributed by atoms with E-state index in [1.807, 2.05) is 4.72 Å². The second kappa shape index (κ2) is 7.18. The highest BCUT2D eigenvalue weighted by atomic mass is 32.2. The summed E-state index contributed by atoms with van der Waals surface area (Å²) < 4.78 is 26.4. The molecule has 0 radical (unpaired) electrons.